The molecule has 0 saturated carbocycles. The van der Waals surface area contributed by atoms with E-state index in [0.717, 1.165) is 0 Å². The van der Waals surface area contributed by atoms with E-state index in [4.69, 9.17) is 20.5 Å². The molecule has 68 valence electrons. The fourth-order valence-corrected chi connectivity index (χ4v) is 1.22. The van der Waals surface area contributed by atoms with E-state index in [1.807, 2.05) is 19.9 Å². The molecule has 1 saturated heterocycles. The monoisotopic (exact) mass is 170 g/mol. The molecule has 0 aromatic carbocycles. The van der Waals surface area contributed by atoms with Crippen molar-refractivity contribution in [3.63, 3.8) is 0 Å². The first-order chi connectivity index (χ1) is 5.53. The third kappa shape index (κ3) is 2.45. The smallest absolute Gasteiger partial charge is 0.163 e. The number of nitrogens with zero attached hydrogens (tertiary/aromatic N) is 1. The maximum Gasteiger partial charge on any atom is 0.163 e. The van der Waals surface area contributed by atoms with E-state index in [2.05, 4.69) is 0 Å². The van der Waals surface area contributed by atoms with Gasteiger partial charge in [-0.25, -0.2) is 0 Å². The number of ether oxygens (including phenoxy) is 2. The first kappa shape index (κ1) is 9.46. The van der Waals surface area contributed by atoms with Crippen LogP contribution in [0.5, 0.6) is 0 Å². The second-order valence-electron chi connectivity index (χ2n) is 3.42. The standard InChI is InChI=1S/C8H14N2O2/c1-8(2)11-5-7(12-8)3-6(10)4-9/h6-7H,3,5,10H2,1-2H3/t6?,7-/m0/s1. The minimum Gasteiger partial charge on any atom is -0.348 e. The van der Waals surface area contributed by atoms with Crippen molar-refractivity contribution in [2.45, 2.75) is 38.2 Å². The van der Waals surface area contributed by atoms with Crippen LogP contribution in [0.2, 0.25) is 0 Å². The Balaban J connectivity index is 2.34. The van der Waals surface area contributed by atoms with Gasteiger partial charge in [0.25, 0.3) is 0 Å². The molecule has 1 aliphatic heterocycles. The summed E-state index contributed by atoms with van der Waals surface area (Å²) in [5.74, 6) is -0.514. The Labute approximate surface area is 72.2 Å². The zero-order valence-electron chi connectivity index (χ0n) is 7.41. The SMILES string of the molecule is CC1(C)OC[C@H](CC(N)C#N)O1. The molecular weight excluding hydrogens is 156 g/mol. The Morgan fingerprint density at radius 3 is 2.83 bits per heavy atom. The van der Waals surface area contributed by atoms with Crippen LogP contribution >= 0.6 is 0 Å². The van der Waals surface area contributed by atoms with E-state index < -0.39 is 11.8 Å². The molecule has 0 radical (unpaired) electrons. The number of hydrogen-bond acceptors (Lipinski definition) is 4. The van der Waals surface area contributed by atoms with Crippen LogP contribution in [0.4, 0.5) is 0 Å². The molecular formula is C8H14N2O2. The fourth-order valence-electron chi connectivity index (χ4n) is 1.22. The molecule has 0 aromatic heterocycles. The quantitative estimate of drug-likeness (QED) is 0.650. The molecule has 4 heteroatoms. The molecule has 12 heavy (non-hydrogen) atoms. The zero-order valence-corrected chi connectivity index (χ0v) is 7.41. The van der Waals surface area contributed by atoms with Crippen molar-refractivity contribution in [3.8, 4) is 6.07 Å². The normalized spacial score (nSPS) is 29.7. The maximum atomic E-state index is 8.45. The molecule has 1 fully saturated rings. The first-order valence-electron chi connectivity index (χ1n) is 4.00. The van der Waals surface area contributed by atoms with Crippen molar-refractivity contribution >= 4 is 0 Å². The molecule has 0 spiro atoms. The van der Waals surface area contributed by atoms with E-state index in [1.54, 1.807) is 0 Å². The number of rotatable bonds is 2. The highest BCUT2D eigenvalue weighted by molar-refractivity contribution is 4.89. The van der Waals surface area contributed by atoms with Crippen LogP contribution in [0.25, 0.3) is 0 Å². The molecule has 1 rings (SSSR count). The van der Waals surface area contributed by atoms with Crippen LogP contribution in [-0.2, 0) is 9.47 Å². The molecule has 0 aromatic rings. The van der Waals surface area contributed by atoms with Crippen LogP contribution in [-0.4, -0.2) is 24.5 Å². The Kier molecular flexibility index (Phi) is 2.68. The summed E-state index contributed by atoms with van der Waals surface area (Å²) in [6.07, 6.45) is 0.509. The molecule has 0 bridgehead atoms. The molecule has 4 nitrogen and oxygen atoms in total. The molecule has 0 aliphatic carbocycles. The second kappa shape index (κ2) is 3.40. The van der Waals surface area contributed by atoms with Gasteiger partial charge in [0.05, 0.1) is 24.8 Å². The molecule has 1 unspecified atom stereocenters. The lowest BCUT2D eigenvalue weighted by Crippen LogP contribution is -2.27. The number of nitriles is 1. The Bertz CT molecular complexity index is 198. The van der Waals surface area contributed by atoms with Crippen molar-refractivity contribution in [1.82, 2.24) is 0 Å². The van der Waals surface area contributed by atoms with Gasteiger partial charge in [-0.3, -0.25) is 0 Å². The maximum absolute atomic E-state index is 8.45. The summed E-state index contributed by atoms with van der Waals surface area (Å²) in [6.45, 7) is 4.23. The molecule has 2 N–H and O–H groups in total. The minimum atomic E-state index is -0.514. The van der Waals surface area contributed by atoms with Crippen LogP contribution in [0.3, 0.4) is 0 Å². The van der Waals surface area contributed by atoms with Gasteiger partial charge < -0.3 is 15.2 Å². The van der Waals surface area contributed by atoms with Crippen molar-refractivity contribution in [2.75, 3.05) is 6.61 Å². The molecule has 1 heterocycles. The van der Waals surface area contributed by atoms with E-state index >= 15 is 0 Å². The van der Waals surface area contributed by atoms with Gasteiger partial charge in [-0.2, -0.15) is 5.26 Å². The zero-order chi connectivity index (χ0) is 9.19. The summed E-state index contributed by atoms with van der Waals surface area (Å²) in [6, 6.07) is 1.51. The van der Waals surface area contributed by atoms with E-state index in [-0.39, 0.29) is 6.10 Å². The molecule has 2 atom stereocenters. The average molecular weight is 170 g/mol. The van der Waals surface area contributed by atoms with Crippen LogP contribution in [0.1, 0.15) is 20.3 Å². The first-order valence-corrected chi connectivity index (χ1v) is 4.00. The fraction of sp³-hybridized carbons (Fsp3) is 0.875. The van der Waals surface area contributed by atoms with Crippen LogP contribution in [0.15, 0.2) is 0 Å². The highest BCUT2D eigenvalue weighted by Crippen LogP contribution is 2.24. The van der Waals surface area contributed by atoms with Crippen molar-refractivity contribution in [1.29, 1.82) is 5.26 Å². The third-order valence-corrected chi connectivity index (χ3v) is 1.75. The minimum absolute atomic E-state index is 0.0327. The second-order valence-corrected chi connectivity index (χ2v) is 3.42. The lowest BCUT2D eigenvalue weighted by atomic mass is 10.1. The lowest BCUT2D eigenvalue weighted by molar-refractivity contribution is -0.139. The van der Waals surface area contributed by atoms with Gasteiger partial charge in [0.2, 0.25) is 0 Å². The molecule has 1 aliphatic rings. The topological polar surface area (TPSA) is 68.3 Å². The summed E-state index contributed by atoms with van der Waals surface area (Å²) >= 11 is 0. The summed E-state index contributed by atoms with van der Waals surface area (Å²) < 4.78 is 10.8. The predicted molar refractivity (Wildman–Crippen MR) is 43.1 cm³/mol. The van der Waals surface area contributed by atoms with Gasteiger partial charge in [0.1, 0.15) is 0 Å². The van der Waals surface area contributed by atoms with Crippen molar-refractivity contribution in [2.24, 2.45) is 5.73 Å². The van der Waals surface area contributed by atoms with Gasteiger partial charge >= 0.3 is 0 Å². The molecule has 0 amide bonds. The predicted octanol–water partition coefficient (Wildman–Crippen LogP) is 0.379. The lowest BCUT2D eigenvalue weighted by Gasteiger charge is -2.17. The van der Waals surface area contributed by atoms with Crippen LogP contribution in [0, 0.1) is 11.3 Å². The Morgan fingerprint density at radius 1 is 1.75 bits per heavy atom. The average Bonchev–Trinajstić information content (AvgIpc) is 2.30. The third-order valence-electron chi connectivity index (χ3n) is 1.75. The van der Waals surface area contributed by atoms with Gasteiger partial charge in [-0.05, 0) is 13.8 Å². The van der Waals surface area contributed by atoms with Crippen molar-refractivity contribution < 1.29 is 9.47 Å². The Morgan fingerprint density at radius 2 is 2.42 bits per heavy atom. The van der Waals surface area contributed by atoms with Gasteiger partial charge in [0.15, 0.2) is 5.79 Å². The number of hydrogen-bond donors (Lipinski definition) is 1. The van der Waals surface area contributed by atoms with Crippen molar-refractivity contribution in [3.05, 3.63) is 0 Å². The van der Waals surface area contributed by atoms with E-state index in [1.165, 1.54) is 0 Å². The summed E-state index contributed by atoms with van der Waals surface area (Å²) in [5, 5.41) is 8.45. The van der Waals surface area contributed by atoms with E-state index in [9.17, 15) is 0 Å². The summed E-state index contributed by atoms with van der Waals surface area (Å²) in [7, 11) is 0. The number of nitrogens with two attached hydrogens (primary N) is 1. The summed E-state index contributed by atoms with van der Waals surface area (Å²) in [5.41, 5.74) is 5.44. The van der Waals surface area contributed by atoms with Gasteiger partial charge in [-0.1, -0.05) is 0 Å². The Hall–Kier alpha value is -0.630. The van der Waals surface area contributed by atoms with Gasteiger partial charge in [-0.15, -0.1) is 0 Å². The largest absolute Gasteiger partial charge is 0.348 e. The summed E-state index contributed by atoms with van der Waals surface area (Å²) in [4.78, 5) is 0. The highest BCUT2D eigenvalue weighted by atomic mass is 16.7. The van der Waals surface area contributed by atoms with Gasteiger partial charge in [0, 0.05) is 6.42 Å². The van der Waals surface area contributed by atoms with E-state index in [0.29, 0.717) is 13.0 Å². The van der Waals surface area contributed by atoms with Crippen LogP contribution < -0.4 is 5.73 Å². The highest BCUT2D eigenvalue weighted by Gasteiger charge is 2.33.